The fourth-order valence-electron chi connectivity index (χ4n) is 3.92. The number of amides is 1. The third-order valence-electron chi connectivity index (χ3n) is 5.86. The van der Waals surface area contributed by atoms with Crippen molar-refractivity contribution in [2.45, 2.75) is 38.9 Å². The molecule has 0 aliphatic carbocycles. The predicted molar refractivity (Wildman–Crippen MR) is 130 cm³/mol. The molecule has 0 atom stereocenters. The molecule has 0 unspecified atom stereocenters. The first-order valence-electron chi connectivity index (χ1n) is 11.0. The maximum atomic E-state index is 14.2. The van der Waals surface area contributed by atoms with E-state index < -0.39 is 17.1 Å². The van der Waals surface area contributed by atoms with E-state index in [1.54, 1.807) is 25.3 Å². The summed E-state index contributed by atoms with van der Waals surface area (Å²) in [6.07, 6.45) is 4.55. The first kappa shape index (κ1) is 23.9. The van der Waals surface area contributed by atoms with Crippen molar-refractivity contribution in [3.05, 3.63) is 70.3 Å². The van der Waals surface area contributed by atoms with Gasteiger partial charge in [0.15, 0.2) is 0 Å². The molecule has 1 aliphatic rings. The highest BCUT2D eigenvalue weighted by atomic mass is 19.1. The second kappa shape index (κ2) is 8.83. The van der Waals surface area contributed by atoms with Crippen molar-refractivity contribution < 1.29 is 9.18 Å². The van der Waals surface area contributed by atoms with E-state index in [9.17, 15) is 19.4 Å². The highest BCUT2D eigenvalue weighted by molar-refractivity contribution is 6.04. The summed E-state index contributed by atoms with van der Waals surface area (Å²) in [5, 5.41) is 15.6. The van der Waals surface area contributed by atoms with Crippen LogP contribution >= 0.6 is 0 Å². The molecule has 178 valence electrons. The zero-order chi connectivity index (χ0) is 25.4. The second-order valence-corrected chi connectivity index (χ2v) is 9.36. The number of carbonyl (C=O) groups excluding carboxylic acids is 1. The van der Waals surface area contributed by atoms with Crippen molar-refractivity contribution in [3.63, 3.8) is 0 Å². The summed E-state index contributed by atoms with van der Waals surface area (Å²) < 4.78 is 14.2. The zero-order valence-electron chi connectivity index (χ0n) is 19.8. The van der Waals surface area contributed by atoms with E-state index in [1.807, 2.05) is 11.8 Å². The topological polar surface area (TPSA) is 124 Å². The van der Waals surface area contributed by atoms with Gasteiger partial charge >= 0.3 is 0 Å². The number of nitrogens with zero attached hydrogens (tertiary/aromatic N) is 6. The Morgan fingerprint density at radius 3 is 2.63 bits per heavy atom. The van der Waals surface area contributed by atoms with Crippen molar-refractivity contribution in [1.29, 1.82) is 5.26 Å². The predicted octanol–water partition coefficient (Wildman–Crippen LogP) is 4.52. The molecule has 1 amide bonds. The van der Waals surface area contributed by atoms with Gasteiger partial charge < -0.3 is 10.2 Å². The molecule has 3 aromatic rings. The van der Waals surface area contributed by atoms with Crippen LogP contribution in [0.15, 0.2) is 48.0 Å². The van der Waals surface area contributed by atoms with Crippen LogP contribution < -0.4 is 10.2 Å². The number of anilines is 2. The molecule has 0 radical (unpaired) electrons. The van der Waals surface area contributed by atoms with Crippen LogP contribution in [0.2, 0.25) is 0 Å². The van der Waals surface area contributed by atoms with Crippen LogP contribution in [0, 0.1) is 23.2 Å². The van der Waals surface area contributed by atoms with Gasteiger partial charge in [0.2, 0.25) is 0 Å². The molecule has 3 aromatic heterocycles. The number of aryl methyl sites for hydroxylation is 1. The van der Waals surface area contributed by atoms with Gasteiger partial charge in [0.1, 0.15) is 23.1 Å². The summed E-state index contributed by atoms with van der Waals surface area (Å²) in [6.45, 7) is 7.13. The second-order valence-electron chi connectivity index (χ2n) is 9.36. The quantitative estimate of drug-likeness (QED) is 0.522. The summed E-state index contributed by atoms with van der Waals surface area (Å²) in [5.74, 6) is 0.0713. The van der Waals surface area contributed by atoms with Crippen LogP contribution in [0.25, 0.3) is 11.1 Å². The Bertz CT molecular complexity index is 1350. The van der Waals surface area contributed by atoms with Gasteiger partial charge in [-0.25, -0.2) is 9.37 Å². The van der Waals surface area contributed by atoms with Gasteiger partial charge in [-0.15, -0.1) is 0 Å². The molecule has 1 aliphatic heterocycles. The molecule has 1 saturated heterocycles. The number of aromatic nitrogens is 3. The summed E-state index contributed by atoms with van der Waals surface area (Å²) in [6, 6.07) is 8.55. The lowest BCUT2D eigenvalue weighted by Crippen LogP contribution is -2.59. The molecule has 0 spiro atoms. The van der Waals surface area contributed by atoms with Crippen molar-refractivity contribution in [2.24, 2.45) is 5.18 Å². The van der Waals surface area contributed by atoms with Gasteiger partial charge in [-0.3, -0.25) is 14.8 Å². The average molecular weight is 474 g/mol. The molecule has 4 heterocycles. The SMILES string of the molecule is Cc1ncc(NC(=O)c2ccnc(C(C)(C)F)c2)cc1-c1cnc(N2CC(C)(N=O)C2)c(C#N)c1. The van der Waals surface area contributed by atoms with Crippen LogP contribution in [-0.4, -0.2) is 39.5 Å². The number of rotatable bonds is 6. The van der Waals surface area contributed by atoms with Crippen molar-refractivity contribution in [1.82, 2.24) is 15.0 Å². The Balaban J connectivity index is 1.59. The van der Waals surface area contributed by atoms with Gasteiger partial charge in [-0.05, 0) is 52.0 Å². The van der Waals surface area contributed by atoms with Gasteiger partial charge in [0.05, 0.1) is 23.1 Å². The van der Waals surface area contributed by atoms with Crippen LogP contribution in [0.3, 0.4) is 0 Å². The number of nitriles is 1. The molecule has 10 heteroatoms. The lowest BCUT2D eigenvalue weighted by Gasteiger charge is -2.43. The number of halogens is 1. The highest BCUT2D eigenvalue weighted by Crippen LogP contribution is 2.33. The smallest absolute Gasteiger partial charge is 0.255 e. The van der Waals surface area contributed by atoms with Crippen molar-refractivity contribution >= 4 is 17.4 Å². The summed E-state index contributed by atoms with van der Waals surface area (Å²) in [7, 11) is 0. The summed E-state index contributed by atoms with van der Waals surface area (Å²) >= 11 is 0. The monoisotopic (exact) mass is 473 g/mol. The Morgan fingerprint density at radius 1 is 1.23 bits per heavy atom. The van der Waals surface area contributed by atoms with Crippen molar-refractivity contribution in [2.75, 3.05) is 23.3 Å². The molecule has 0 aromatic carbocycles. The van der Waals surface area contributed by atoms with E-state index in [1.165, 1.54) is 38.4 Å². The lowest BCUT2D eigenvalue weighted by molar-refractivity contribution is 0.102. The molecule has 9 nitrogen and oxygen atoms in total. The van der Waals surface area contributed by atoms with Crippen LogP contribution in [-0.2, 0) is 5.67 Å². The minimum atomic E-state index is -1.68. The molecular weight excluding hydrogens is 449 g/mol. The number of nitrogens with one attached hydrogen (secondary N) is 1. The van der Waals surface area contributed by atoms with Crippen LogP contribution in [0.5, 0.6) is 0 Å². The summed E-state index contributed by atoms with van der Waals surface area (Å²) in [5.41, 5.74) is 0.930. The normalized spacial score (nSPS) is 14.6. The number of carbonyl (C=O) groups is 1. The minimum Gasteiger partial charge on any atom is -0.350 e. The molecule has 35 heavy (non-hydrogen) atoms. The molecule has 0 saturated carbocycles. The zero-order valence-corrected chi connectivity index (χ0v) is 19.8. The summed E-state index contributed by atoms with van der Waals surface area (Å²) in [4.78, 5) is 38.4. The van der Waals surface area contributed by atoms with E-state index in [2.05, 4.69) is 31.5 Å². The van der Waals surface area contributed by atoms with E-state index in [4.69, 9.17) is 0 Å². The number of nitroso groups, excluding NO2 is 1. The Kier molecular flexibility index (Phi) is 6.03. The van der Waals surface area contributed by atoms with Crippen LogP contribution in [0.1, 0.15) is 48.1 Å². The first-order chi connectivity index (χ1) is 16.5. The van der Waals surface area contributed by atoms with E-state index in [0.29, 0.717) is 47.0 Å². The number of hydrogen-bond acceptors (Lipinski definition) is 8. The maximum absolute atomic E-state index is 14.2. The average Bonchev–Trinajstić information content (AvgIpc) is 2.82. The molecular formula is C25H24FN7O2. The number of alkyl halides is 1. The van der Waals surface area contributed by atoms with Crippen LogP contribution in [0.4, 0.5) is 15.9 Å². The van der Waals surface area contributed by atoms with Crippen molar-refractivity contribution in [3.8, 4) is 17.2 Å². The molecule has 1 fully saturated rings. The third kappa shape index (κ3) is 4.84. The van der Waals surface area contributed by atoms with Gasteiger partial charge in [-0.2, -0.15) is 10.2 Å². The number of hydrogen-bond donors (Lipinski definition) is 1. The number of pyridine rings is 3. The molecule has 1 N–H and O–H groups in total. The first-order valence-corrected chi connectivity index (χ1v) is 11.0. The highest BCUT2D eigenvalue weighted by Gasteiger charge is 2.42. The largest absolute Gasteiger partial charge is 0.350 e. The standard InChI is InChI=1S/C25H24FN7O2/c1-15-20(18-7-17(10-27)22(30-11-18)33-13-25(4,14-33)32-35)9-19(12-29-15)31-23(34)16-5-6-28-21(8-16)24(2,3)26/h5-9,11-12H,13-14H2,1-4H3,(H,31,34). The lowest BCUT2D eigenvalue weighted by atomic mass is 9.93. The molecule has 4 rings (SSSR count). The fourth-order valence-corrected chi connectivity index (χ4v) is 3.92. The van der Waals surface area contributed by atoms with E-state index in [-0.39, 0.29) is 11.3 Å². The third-order valence-corrected chi connectivity index (χ3v) is 5.86. The Labute approximate surface area is 202 Å². The minimum absolute atomic E-state index is 0.162. The Hall–Kier alpha value is -4.26. The van der Waals surface area contributed by atoms with Gasteiger partial charge in [0, 0.05) is 47.9 Å². The van der Waals surface area contributed by atoms with E-state index in [0.717, 1.165) is 0 Å². The Morgan fingerprint density at radius 2 is 1.97 bits per heavy atom. The van der Waals surface area contributed by atoms with Gasteiger partial charge in [0.25, 0.3) is 5.91 Å². The van der Waals surface area contributed by atoms with Gasteiger partial charge in [-0.1, -0.05) is 5.18 Å². The van der Waals surface area contributed by atoms with E-state index >= 15 is 0 Å². The fraction of sp³-hybridized carbons (Fsp3) is 0.320. The molecule has 0 bridgehead atoms. The maximum Gasteiger partial charge on any atom is 0.255 e.